The van der Waals surface area contributed by atoms with Gasteiger partial charge in [0.1, 0.15) is 0 Å². The van der Waals surface area contributed by atoms with Gasteiger partial charge in [-0.15, -0.1) is 0 Å². The smallest absolute Gasteiger partial charge is 0.313 e. The summed E-state index contributed by atoms with van der Waals surface area (Å²) in [6.07, 6.45) is 2.82. The molecule has 1 aliphatic heterocycles. The summed E-state index contributed by atoms with van der Waals surface area (Å²) in [7, 11) is 0. The topological polar surface area (TPSA) is 106 Å². The Morgan fingerprint density at radius 2 is 1.73 bits per heavy atom. The molecule has 0 aromatic heterocycles. The molecule has 0 unspecified atom stereocenters. The summed E-state index contributed by atoms with van der Waals surface area (Å²) >= 11 is 0. The number of amides is 3. The van der Waals surface area contributed by atoms with Gasteiger partial charge in [0.15, 0.2) is 11.5 Å². The Bertz CT molecular complexity index is 929. The number of nitrogens with one attached hydrogen (secondary N) is 3. The maximum atomic E-state index is 12.6. The Kier molecular flexibility index (Phi) is 7.26. The predicted octanol–water partition coefficient (Wildman–Crippen LogP) is 2.59. The molecule has 0 radical (unpaired) electrons. The van der Waals surface area contributed by atoms with Gasteiger partial charge in [-0.2, -0.15) is 0 Å². The summed E-state index contributed by atoms with van der Waals surface area (Å²) in [4.78, 5) is 36.8. The number of hydrogen-bond acceptors (Lipinski definition) is 5. The Labute approximate surface area is 174 Å². The Morgan fingerprint density at radius 1 is 0.933 bits per heavy atom. The average Bonchev–Trinajstić information content (AvgIpc) is 3.23. The summed E-state index contributed by atoms with van der Waals surface area (Å²) < 4.78 is 10.6. The van der Waals surface area contributed by atoms with E-state index in [2.05, 4.69) is 22.9 Å². The van der Waals surface area contributed by atoms with Crippen LogP contribution in [0.15, 0.2) is 42.5 Å². The summed E-state index contributed by atoms with van der Waals surface area (Å²) in [5, 5.41) is 7.91. The van der Waals surface area contributed by atoms with E-state index in [1.54, 1.807) is 36.4 Å². The zero-order valence-corrected chi connectivity index (χ0v) is 16.8. The monoisotopic (exact) mass is 411 g/mol. The molecule has 2 aromatic carbocycles. The van der Waals surface area contributed by atoms with E-state index in [-0.39, 0.29) is 30.5 Å². The van der Waals surface area contributed by atoms with Crippen LogP contribution in [0, 0.1) is 0 Å². The molecule has 0 saturated carbocycles. The first-order chi connectivity index (χ1) is 14.6. The minimum atomic E-state index is -0.803. The van der Waals surface area contributed by atoms with Crippen LogP contribution in [0.4, 0.5) is 5.69 Å². The number of para-hydroxylation sites is 1. The first kappa shape index (κ1) is 21.2. The van der Waals surface area contributed by atoms with Gasteiger partial charge < -0.3 is 25.4 Å². The fourth-order valence-electron chi connectivity index (χ4n) is 2.95. The van der Waals surface area contributed by atoms with Gasteiger partial charge in [0.25, 0.3) is 5.91 Å². The van der Waals surface area contributed by atoms with E-state index in [1.165, 1.54) is 0 Å². The molecule has 8 nitrogen and oxygen atoms in total. The maximum absolute atomic E-state index is 12.6. The van der Waals surface area contributed by atoms with Crippen molar-refractivity contribution in [2.75, 3.05) is 18.7 Å². The molecule has 0 spiro atoms. The fraction of sp³-hybridized carbons (Fsp3) is 0.318. The molecule has 0 aliphatic carbocycles. The molecule has 0 fully saturated rings. The minimum Gasteiger partial charge on any atom is -0.454 e. The molecule has 3 N–H and O–H groups in total. The van der Waals surface area contributed by atoms with Crippen LogP contribution in [0.1, 0.15) is 42.1 Å². The van der Waals surface area contributed by atoms with Crippen molar-refractivity contribution in [3.05, 3.63) is 53.6 Å². The normalized spacial score (nSPS) is 11.6. The van der Waals surface area contributed by atoms with Crippen LogP contribution in [0.25, 0.3) is 0 Å². The molecule has 1 heterocycles. The highest BCUT2D eigenvalue weighted by Crippen LogP contribution is 2.32. The third kappa shape index (κ3) is 5.50. The molecule has 30 heavy (non-hydrogen) atoms. The van der Waals surface area contributed by atoms with Crippen molar-refractivity contribution in [3.8, 4) is 11.5 Å². The Morgan fingerprint density at radius 3 is 2.57 bits per heavy atom. The van der Waals surface area contributed by atoms with Gasteiger partial charge in [-0.05, 0) is 36.2 Å². The number of ether oxygens (including phenoxy) is 2. The van der Waals surface area contributed by atoms with Crippen molar-refractivity contribution in [2.45, 2.75) is 32.7 Å². The van der Waals surface area contributed by atoms with Crippen molar-refractivity contribution in [2.24, 2.45) is 0 Å². The second-order valence-corrected chi connectivity index (χ2v) is 6.83. The van der Waals surface area contributed by atoms with E-state index in [1.807, 2.05) is 6.07 Å². The van der Waals surface area contributed by atoms with Crippen LogP contribution in [0.5, 0.6) is 11.5 Å². The SMILES string of the molecule is CCCCCNC(=O)C(=O)Nc1ccccc1C(=O)NCc1ccc2c(c1)OCO2. The summed E-state index contributed by atoms with van der Waals surface area (Å²) in [6.45, 7) is 2.96. The van der Waals surface area contributed by atoms with Crippen molar-refractivity contribution >= 4 is 23.4 Å². The van der Waals surface area contributed by atoms with Crippen LogP contribution < -0.4 is 25.4 Å². The highest BCUT2D eigenvalue weighted by Gasteiger charge is 2.18. The standard InChI is InChI=1S/C22H25N3O5/c1-2-3-6-11-23-21(27)22(28)25-17-8-5-4-7-16(17)20(26)24-13-15-9-10-18-19(12-15)30-14-29-18/h4-5,7-10,12H,2-3,6,11,13-14H2,1H3,(H,23,27)(H,24,26)(H,25,28). The molecule has 0 bridgehead atoms. The number of rotatable bonds is 8. The van der Waals surface area contributed by atoms with Crippen LogP contribution in [0.3, 0.4) is 0 Å². The average molecular weight is 411 g/mol. The van der Waals surface area contributed by atoms with E-state index >= 15 is 0 Å². The van der Waals surface area contributed by atoms with Crippen molar-refractivity contribution in [3.63, 3.8) is 0 Å². The van der Waals surface area contributed by atoms with Gasteiger partial charge >= 0.3 is 11.8 Å². The molecule has 0 saturated heterocycles. The molecular formula is C22H25N3O5. The maximum Gasteiger partial charge on any atom is 0.313 e. The second kappa shape index (κ2) is 10.3. The van der Waals surface area contributed by atoms with Crippen molar-refractivity contribution in [1.82, 2.24) is 10.6 Å². The second-order valence-electron chi connectivity index (χ2n) is 6.83. The van der Waals surface area contributed by atoms with Crippen molar-refractivity contribution < 1.29 is 23.9 Å². The number of unbranched alkanes of at least 4 members (excludes halogenated alkanes) is 2. The van der Waals surface area contributed by atoms with Crippen LogP contribution >= 0.6 is 0 Å². The first-order valence-electron chi connectivity index (χ1n) is 9.93. The van der Waals surface area contributed by atoms with Gasteiger partial charge in [-0.1, -0.05) is 38.0 Å². The Hall–Kier alpha value is -3.55. The quantitative estimate of drug-likeness (QED) is 0.457. The van der Waals surface area contributed by atoms with E-state index in [4.69, 9.17) is 9.47 Å². The van der Waals surface area contributed by atoms with Crippen LogP contribution in [-0.4, -0.2) is 31.1 Å². The van der Waals surface area contributed by atoms with Gasteiger partial charge in [0, 0.05) is 13.1 Å². The van der Waals surface area contributed by atoms with Crippen molar-refractivity contribution in [1.29, 1.82) is 0 Å². The predicted molar refractivity (Wildman–Crippen MR) is 111 cm³/mol. The number of benzene rings is 2. The van der Waals surface area contributed by atoms with E-state index in [9.17, 15) is 14.4 Å². The number of anilines is 1. The Balaban J connectivity index is 1.58. The highest BCUT2D eigenvalue weighted by molar-refractivity contribution is 6.40. The van der Waals surface area contributed by atoms with Gasteiger partial charge in [-0.3, -0.25) is 14.4 Å². The molecule has 3 rings (SSSR count). The summed E-state index contributed by atoms with van der Waals surface area (Å²) in [5.74, 6) is -0.582. The lowest BCUT2D eigenvalue weighted by Gasteiger charge is -2.12. The lowest BCUT2D eigenvalue weighted by Crippen LogP contribution is -2.36. The number of carbonyl (C=O) groups excluding carboxylic acids is 3. The number of carbonyl (C=O) groups is 3. The number of hydrogen-bond donors (Lipinski definition) is 3. The summed E-state index contributed by atoms with van der Waals surface area (Å²) in [6, 6.07) is 12.0. The lowest BCUT2D eigenvalue weighted by molar-refractivity contribution is -0.136. The fourth-order valence-corrected chi connectivity index (χ4v) is 2.95. The third-order valence-electron chi connectivity index (χ3n) is 4.58. The zero-order valence-electron chi connectivity index (χ0n) is 16.8. The van der Waals surface area contributed by atoms with Crippen LogP contribution in [0.2, 0.25) is 0 Å². The molecular weight excluding hydrogens is 386 g/mol. The number of fused-ring (bicyclic) bond motifs is 1. The van der Waals surface area contributed by atoms with Gasteiger partial charge in [-0.25, -0.2) is 0 Å². The molecule has 1 aliphatic rings. The minimum absolute atomic E-state index is 0.185. The summed E-state index contributed by atoms with van der Waals surface area (Å²) in [5.41, 5.74) is 1.39. The zero-order chi connectivity index (χ0) is 21.3. The highest BCUT2D eigenvalue weighted by atomic mass is 16.7. The van der Waals surface area contributed by atoms with Crippen LogP contribution in [-0.2, 0) is 16.1 Å². The van der Waals surface area contributed by atoms with E-state index in [0.717, 1.165) is 24.8 Å². The lowest BCUT2D eigenvalue weighted by atomic mass is 10.1. The molecule has 3 amide bonds. The third-order valence-corrected chi connectivity index (χ3v) is 4.58. The van der Waals surface area contributed by atoms with Gasteiger partial charge in [0.2, 0.25) is 6.79 Å². The molecule has 8 heteroatoms. The largest absolute Gasteiger partial charge is 0.454 e. The van der Waals surface area contributed by atoms with E-state index in [0.29, 0.717) is 18.0 Å². The van der Waals surface area contributed by atoms with Gasteiger partial charge in [0.05, 0.1) is 11.3 Å². The molecule has 2 aromatic rings. The van der Waals surface area contributed by atoms with E-state index < -0.39 is 11.8 Å². The molecule has 158 valence electrons. The first-order valence-corrected chi connectivity index (χ1v) is 9.93. The molecule has 0 atom stereocenters.